The molecular formula is C23H38N2O8. The number of aliphatic hydroxyl groups excluding tert-OH is 2. The number of aliphatic hydroxyl groups is 2. The van der Waals surface area contributed by atoms with Gasteiger partial charge in [0.15, 0.2) is 0 Å². The van der Waals surface area contributed by atoms with Gasteiger partial charge in [-0.1, -0.05) is 18.2 Å². The van der Waals surface area contributed by atoms with E-state index in [0.717, 1.165) is 84.1 Å². The highest BCUT2D eigenvalue weighted by Crippen LogP contribution is 2.24. The summed E-state index contributed by atoms with van der Waals surface area (Å²) >= 11 is 0. The fraction of sp³-hybridized carbons (Fsp3) is 0.652. The van der Waals surface area contributed by atoms with Crippen LogP contribution in [-0.4, -0.2) is 108 Å². The quantitative estimate of drug-likeness (QED) is 0.302. The van der Waals surface area contributed by atoms with E-state index < -0.39 is 0 Å². The second-order valence-corrected chi connectivity index (χ2v) is 7.86. The Labute approximate surface area is 195 Å². The van der Waals surface area contributed by atoms with Gasteiger partial charge < -0.3 is 29.9 Å². The van der Waals surface area contributed by atoms with E-state index in [0.29, 0.717) is 0 Å². The molecule has 2 aliphatic heterocycles. The molecule has 1 aromatic rings. The number of piperidine rings is 1. The number of ether oxygens (including phenoxy) is 2. The van der Waals surface area contributed by atoms with Gasteiger partial charge in [-0.3, -0.25) is 19.4 Å². The topological polar surface area (TPSA) is 140 Å². The summed E-state index contributed by atoms with van der Waals surface area (Å²) in [6.45, 7) is 7.57. The van der Waals surface area contributed by atoms with Gasteiger partial charge in [-0.05, 0) is 31.9 Å². The summed E-state index contributed by atoms with van der Waals surface area (Å²) in [6, 6.07) is 8.22. The van der Waals surface area contributed by atoms with Gasteiger partial charge in [-0.2, -0.15) is 0 Å². The molecule has 188 valence electrons. The zero-order valence-corrected chi connectivity index (χ0v) is 19.1. The molecule has 2 heterocycles. The number of hydrogen-bond donors (Lipinski definition) is 4. The molecule has 2 fully saturated rings. The van der Waals surface area contributed by atoms with Crippen molar-refractivity contribution in [1.29, 1.82) is 0 Å². The fourth-order valence-corrected chi connectivity index (χ4v) is 3.88. The number of nitrogens with zero attached hydrogens (tertiary/aromatic N) is 2. The number of carbonyl (C=O) groups is 2. The van der Waals surface area contributed by atoms with Crippen molar-refractivity contribution < 1.29 is 39.5 Å². The summed E-state index contributed by atoms with van der Waals surface area (Å²) in [5.74, 6) is 0.905. The molecule has 2 aliphatic rings. The van der Waals surface area contributed by atoms with Crippen LogP contribution >= 0.6 is 0 Å². The van der Waals surface area contributed by atoms with Crippen LogP contribution in [0.15, 0.2) is 24.3 Å². The summed E-state index contributed by atoms with van der Waals surface area (Å²) in [4.78, 5) is 21.5. The minimum Gasteiger partial charge on any atom is -0.493 e. The third-order valence-corrected chi connectivity index (χ3v) is 5.61. The Bertz CT molecular complexity index is 637. The number of morpholine rings is 1. The zero-order chi connectivity index (χ0) is 24.3. The Morgan fingerprint density at radius 3 is 2.36 bits per heavy atom. The van der Waals surface area contributed by atoms with Crippen LogP contribution in [0.2, 0.25) is 0 Å². The molecule has 0 unspecified atom stereocenters. The summed E-state index contributed by atoms with van der Waals surface area (Å²) < 4.78 is 11.5. The lowest BCUT2D eigenvalue weighted by atomic mass is 9.95. The molecule has 0 radical (unpaired) electrons. The maximum Gasteiger partial charge on any atom is 0.290 e. The minimum atomic E-state index is -0.385. The van der Waals surface area contributed by atoms with Crippen LogP contribution in [0.25, 0.3) is 0 Å². The van der Waals surface area contributed by atoms with Crippen LogP contribution in [-0.2, 0) is 20.9 Å². The van der Waals surface area contributed by atoms with E-state index >= 15 is 0 Å². The highest BCUT2D eigenvalue weighted by atomic mass is 16.5. The first-order valence-electron chi connectivity index (χ1n) is 11.3. The van der Waals surface area contributed by atoms with Crippen LogP contribution in [0.4, 0.5) is 0 Å². The van der Waals surface area contributed by atoms with Crippen LogP contribution < -0.4 is 4.74 Å². The molecule has 3 rings (SSSR count). The van der Waals surface area contributed by atoms with Crippen molar-refractivity contribution in [3.8, 4) is 5.75 Å². The highest BCUT2D eigenvalue weighted by molar-refractivity contribution is 5.33. The molecule has 1 aromatic carbocycles. The minimum absolute atomic E-state index is 0.0406. The molecule has 0 aromatic heterocycles. The Morgan fingerprint density at radius 1 is 1.03 bits per heavy atom. The average Bonchev–Trinajstić information content (AvgIpc) is 2.83. The molecule has 10 heteroatoms. The van der Waals surface area contributed by atoms with E-state index in [1.54, 1.807) is 0 Å². The van der Waals surface area contributed by atoms with Crippen LogP contribution in [0.3, 0.4) is 0 Å². The van der Waals surface area contributed by atoms with Gasteiger partial charge in [0.1, 0.15) is 5.75 Å². The molecule has 0 saturated carbocycles. The lowest BCUT2D eigenvalue weighted by molar-refractivity contribution is -0.123. The van der Waals surface area contributed by atoms with E-state index in [2.05, 4.69) is 15.9 Å². The second kappa shape index (κ2) is 18.2. The predicted molar refractivity (Wildman–Crippen MR) is 122 cm³/mol. The fourth-order valence-electron chi connectivity index (χ4n) is 3.88. The molecular weight excluding hydrogens is 432 g/mol. The van der Waals surface area contributed by atoms with Gasteiger partial charge >= 0.3 is 0 Å². The molecule has 0 amide bonds. The maximum atomic E-state index is 9.95. The smallest absolute Gasteiger partial charge is 0.290 e. The third kappa shape index (κ3) is 12.0. The second-order valence-electron chi connectivity index (χ2n) is 7.86. The molecule has 0 spiro atoms. The molecule has 4 N–H and O–H groups in total. The van der Waals surface area contributed by atoms with Gasteiger partial charge in [0, 0.05) is 50.8 Å². The van der Waals surface area contributed by atoms with E-state index in [1.807, 2.05) is 18.2 Å². The molecule has 33 heavy (non-hydrogen) atoms. The van der Waals surface area contributed by atoms with Crippen molar-refractivity contribution in [3.05, 3.63) is 29.8 Å². The number of unbranched alkanes of at least 4 members (excludes halogenated alkanes) is 1. The number of rotatable bonds is 9. The third-order valence-electron chi connectivity index (χ3n) is 5.61. The van der Waals surface area contributed by atoms with Gasteiger partial charge in [0.25, 0.3) is 12.9 Å². The summed E-state index contributed by atoms with van der Waals surface area (Å²) in [5.41, 5.74) is 1.18. The summed E-state index contributed by atoms with van der Waals surface area (Å²) in [5, 5.41) is 33.2. The Balaban J connectivity index is 0.000000819. The van der Waals surface area contributed by atoms with Crippen molar-refractivity contribution in [2.75, 3.05) is 59.2 Å². The molecule has 10 nitrogen and oxygen atoms in total. The van der Waals surface area contributed by atoms with Crippen LogP contribution in [0.1, 0.15) is 24.8 Å². The van der Waals surface area contributed by atoms with Crippen molar-refractivity contribution in [1.82, 2.24) is 9.80 Å². The standard InChI is InChI=1S/C21H34N2O4.2CH2O2/c24-17-19-16-23(9-7-20(19)25)15-18-5-1-2-6-21(18)27-12-4-3-8-22-10-13-26-14-11-22;2*2-1-3/h1-2,5-6,19-20,24-25H,3-4,7-17H2;2*1H,(H,2,3)/t19-,20-;;/m0../s1. The normalized spacial score (nSPS) is 21.0. The maximum absolute atomic E-state index is 9.95. The lowest BCUT2D eigenvalue weighted by Gasteiger charge is -2.35. The molecule has 0 bridgehead atoms. The van der Waals surface area contributed by atoms with Crippen LogP contribution in [0.5, 0.6) is 5.75 Å². The van der Waals surface area contributed by atoms with Crippen molar-refractivity contribution >= 4 is 12.9 Å². The first-order valence-corrected chi connectivity index (χ1v) is 11.3. The van der Waals surface area contributed by atoms with Crippen molar-refractivity contribution in [2.24, 2.45) is 5.92 Å². The zero-order valence-electron chi connectivity index (χ0n) is 19.1. The average molecular weight is 471 g/mol. The first kappa shape index (κ1) is 28.8. The SMILES string of the molecule is O=CO.O=CO.OC[C@@H]1CN(Cc2ccccc2OCCCCN2CCOCC2)CC[C@@H]1O. The van der Waals surface area contributed by atoms with Gasteiger partial charge in [-0.25, -0.2) is 0 Å². The van der Waals surface area contributed by atoms with E-state index in [9.17, 15) is 10.2 Å². The largest absolute Gasteiger partial charge is 0.493 e. The van der Waals surface area contributed by atoms with E-state index in [4.69, 9.17) is 29.3 Å². The monoisotopic (exact) mass is 470 g/mol. The van der Waals surface area contributed by atoms with Crippen LogP contribution in [0, 0.1) is 5.92 Å². The summed E-state index contributed by atoms with van der Waals surface area (Å²) in [7, 11) is 0. The Hall–Kier alpha value is -2.24. The molecule has 2 saturated heterocycles. The molecule has 2 atom stereocenters. The van der Waals surface area contributed by atoms with Crippen molar-refractivity contribution in [3.63, 3.8) is 0 Å². The Morgan fingerprint density at radius 2 is 1.70 bits per heavy atom. The number of carboxylic acid groups (broad SMARTS) is 2. The number of hydrogen-bond acceptors (Lipinski definition) is 8. The van der Waals surface area contributed by atoms with Gasteiger partial charge in [0.2, 0.25) is 0 Å². The van der Waals surface area contributed by atoms with Crippen molar-refractivity contribution in [2.45, 2.75) is 31.9 Å². The summed E-state index contributed by atoms with van der Waals surface area (Å²) in [6.07, 6.45) is 2.53. The number of para-hydroxylation sites is 1. The number of likely N-dealkylation sites (tertiary alicyclic amines) is 1. The molecule has 0 aliphatic carbocycles. The Kier molecular flexibility index (Phi) is 15.9. The van der Waals surface area contributed by atoms with E-state index in [-0.39, 0.29) is 31.6 Å². The van der Waals surface area contributed by atoms with Gasteiger partial charge in [-0.15, -0.1) is 0 Å². The first-order chi connectivity index (χ1) is 16.1. The lowest BCUT2D eigenvalue weighted by Crippen LogP contribution is -2.44. The number of benzene rings is 1. The van der Waals surface area contributed by atoms with E-state index in [1.165, 1.54) is 5.56 Å². The van der Waals surface area contributed by atoms with Gasteiger partial charge in [0.05, 0.1) is 25.9 Å². The predicted octanol–water partition coefficient (Wildman–Crippen LogP) is 0.755. The highest BCUT2D eigenvalue weighted by Gasteiger charge is 2.27.